The van der Waals surface area contributed by atoms with E-state index < -0.39 is 53.0 Å². The number of carbonyl (C=O) groups is 5. The van der Waals surface area contributed by atoms with Crippen molar-refractivity contribution >= 4 is 29.4 Å². The van der Waals surface area contributed by atoms with Gasteiger partial charge in [0.1, 0.15) is 17.8 Å². The van der Waals surface area contributed by atoms with Crippen LogP contribution in [0.5, 0.6) is 0 Å². The lowest BCUT2D eigenvalue weighted by Crippen LogP contribution is -2.59. The summed E-state index contributed by atoms with van der Waals surface area (Å²) in [4.78, 5) is 63.0. The minimum absolute atomic E-state index is 0.0214. The van der Waals surface area contributed by atoms with Crippen molar-refractivity contribution in [2.45, 2.75) is 85.5 Å². The zero-order valence-electron chi connectivity index (χ0n) is 20.9. The molecule has 34 heavy (non-hydrogen) atoms. The number of aromatic nitrogens is 2. The molecular weight excluding hydrogens is 440 g/mol. The van der Waals surface area contributed by atoms with Crippen molar-refractivity contribution in [3.05, 3.63) is 17.5 Å². The highest BCUT2D eigenvalue weighted by molar-refractivity contribution is 6.38. The Morgan fingerprint density at radius 2 is 1.62 bits per heavy atom. The van der Waals surface area contributed by atoms with Gasteiger partial charge in [0.05, 0.1) is 6.04 Å². The molecule has 1 heterocycles. The minimum Gasteiger partial charge on any atom is -0.347 e. The van der Waals surface area contributed by atoms with E-state index in [1.165, 1.54) is 6.92 Å². The van der Waals surface area contributed by atoms with Crippen LogP contribution in [0.25, 0.3) is 0 Å². The van der Waals surface area contributed by atoms with Gasteiger partial charge in [0.2, 0.25) is 17.6 Å². The summed E-state index contributed by atoms with van der Waals surface area (Å²) in [6.45, 7) is 12.0. The smallest absolute Gasteiger partial charge is 0.289 e. The Morgan fingerprint density at radius 3 is 2.09 bits per heavy atom. The van der Waals surface area contributed by atoms with Gasteiger partial charge >= 0.3 is 0 Å². The topological polar surface area (TPSA) is 162 Å². The molecule has 3 atom stereocenters. The molecule has 0 spiro atoms. The highest BCUT2D eigenvalue weighted by Gasteiger charge is 2.37. The second kappa shape index (κ2) is 10.8. The van der Waals surface area contributed by atoms with Gasteiger partial charge in [-0.3, -0.25) is 29.1 Å². The average Bonchev–Trinajstić information content (AvgIpc) is 3.44. The van der Waals surface area contributed by atoms with Gasteiger partial charge in [0.25, 0.3) is 11.8 Å². The van der Waals surface area contributed by atoms with E-state index >= 15 is 0 Å². The predicted octanol–water partition coefficient (Wildman–Crippen LogP) is 0.356. The van der Waals surface area contributed by atoms with Crippen LogP contribution in [-0.4, -0.2) is 63.8 Å². The Labute approximate surface area is 199 Å². The number of Topliss-reactive ketones (excluding diaryl/α,β-unsaturated/α-hetero) is 1. The van der Waals surface area contributed by atoms with Crippen molar-refractivity contribution in [3.8, 4) is 0 Å². The Hall–Kier alpha value is -3.24. The van der Waals surface area contributed by atoms with Crippen molar-refractivity contribution in [3.63, 3.8) is 0 Å². The number of carbonyl (C=O) groups excluding carboxylic acids is 5. The molecule has 1 aliphatic rings. The van der Waals surface area contributed by atoms with Gasteiger partial charge in [-0.05, 0) is 44.1 Å². The molecule has 3 unspecified atom stereocenters. The zero-order chi connectivity index (χ0) is 25.8. The van der Waals surface area contributed by atoms with Crippen LogP contribution >= 0.6 is 0 Å². The summed E-state index contributed by atoms with van der Waals surface area (Å²) in [6, 6.07) is -1.41. The Balaban J connectivity index is 2.03. The molecule has 1 saturated carbocycles. The maximum Gasteiger partial charge on any atom is 0.289 e. The van der Waals surface area contributed by atoms with Crippen molar-refractivity contribution in [1.82, 2.24) is 31.5 Å². The third kappa shape index (κ3) is 7.39. The molecular formula is C23H36N6O5. The number of aromatic amines is 1. The molecule has 0 bridgehead atoms. The van der Waals surface area contributed by atoms with Crippen molar-refractivity contribution in [2.24, 2.45) is 11.3 Å². The van der Waals surface area contributed by atoms with Gasteiger partial charge in [0, 0.05) is 11.7 Å². The SMILES string of the molecule is Cc1cc(C(=O)NC(C(=O)NC(C)C(=O)NC(C(=O)C(=O)NC2CC2)C(C)C)C(C)(C)C)n[nH]1. The van der Waals surface area contributed by atoms with E-state index in [9.17, 15) is 24.0 Å². The quantitative estimate of drug-likeness (QED) is 0.306. The number of hydrogen-bond acceptors (Lipinski definition) is 6. The maximum atomic E-state index is 13.0. The number of hydrogen-bond donors (Lipinski definition) is 5. The van der Waals surface area contributed by atoms with Crippen molar-refractivity contribution in [1.29, 1.82) is 0 Å². The van der Waals surface area contributed by atoms with Crippen LogP contribution in [0.1, 0.15) is 70.6 Å². The summed E-state index contributed by atoms with van der Waals surface area (Å²) in [5.74, 6) is -3.46. The fourth-order valence-electron chi connectivity index (χ4n) is 3.22. The molecule has 4 amide bonds. The number of H-pyrrole nitrogens is 1. The Kier molecular flexibility index (Phi) is 8.57. The molecule has 1 aliphatic carbocycles. The molecule has 188 valence electrons. The van der Waals surface area contributed by atoms with E-state index in [0.717, 1.165) is 12.8 Å². The number of nitrogens with one attached hydrogen (secondary N) is 5. The second-order valence-corrected chi connectivity index (χ2v) is 10.3. The second-order valence-electron chi connectivity index (χ2n) is 10.3. The third-order valence-corrected chi connectivity index (χ3v) is 5.48. The monoisotopic (exact) mass is 476 g/mol. The number of amides is 4. The number of rotatable bonds is 10. The summed E-state index contributed by atoms with van der Waals surface area (Å²) < 4.78 is 0. The van der Waals surface area contributed by atoms with E-state index in [4.69, 9.17) is 0 Å². The molecule has 0 aliphatic heterocycles. The van der Waals surface area contributed by atoms with E-state index in [-0.39, 0.29) is 17.7 Å². The van der Waals surface area contributed by atoms with Gasteiger partial charge in [-0.15, -0.1) is 0 Å². The molecule has 1 aromatic rings. The lowest BCUT2D eigenvalue weighted by Gasteiger charge is -2.31. The van der Waals surface area contributed by atoms with Gasteiger partial charge in [-0.25, -0.2) is 0 Å². The average molecular weight is 477 g/mol. The van der Waals surface area contributed by atoms with Crippen LogP contribution in [0.15, 0.2) is 6.07 Å². The summed E-state index contributed by atoms with van der Waals surface area (Å²) in [6.07, 6.45) is 1.68. The molecule has 11 heteroatoms. The number of aryl methyl sites for hydroxylation is 1. The first kappa shape index (κ1) is 27.0. The highest BCUT2D eigenvalue weighted by Crippen LogP contribution is 2.20. The van der Waals surface area contributed by atoms with Gasteiger partial charge in [0.15, 0.2) is 0 Å². The standard InChI is InChI=1S/C23H36N6O5/c1-11(2)16(17(30)21(33)25-14-8-9-14)26-19(31)13(4)24-22(34)18(23(5,6)7)27-20(32)15-10-12(3)28-29-15/h10-11,13-14,16,18H,8-9H2,1-7H3,(H,24,34)(H,25,33)(H,26,31)(H,27,32)(H,28,29). The van der Waals surface area contributed by atoms with E-state index in [1.807, 2.05) is 0 Å². The predicted molar refractivity (Wildman–Crippen MR) is 125 cm³/mol. The summed E-state index contributed by atoms with van der Waals surface area (Å²) >= 11 is 0. The van der Waals surface area contributed by atoms with Crippen LogP contribution in [0, 0.1) is 18.3 Å². The molecule has 1 aromatic heterocycles. The number of ketones is 1. The fraction of sp³-hybridized carbons (Fsp3) is 0.652. The van der Waals surface area contributed by atoms with Crippen LogP contribution in [0.2, 0.25) is 0 Å². The molecule has 0 aromatic carbocycles. The zero-order valence-corrected chi connectivity index (χ0v) is 20.9. The number of nitrogens with zero attached hydrogens (tertiary/aromatic N) is 1. The Morgan fingerprint density at radius 1 is 1.00 bits per heavy atom. The van der Waals surface area contributed by atoms with Crippen molar-refractivity contribution in [2.75, 3.05) is 0 Å². The molecule has 11 nitrogen and oxygen atoms in total. The first-order valence-corrected chi connectivity index (χ1v) is 11.5. The van der Waals surface area contributed by atoms with Crippen LogP contribution in [0.3, 0.4) is 0 Å². The molecule has 2 rings (SSSR count). The van der Waals surface area contributed by atoms with E-state index in [0.29, 0.717) is 5.69 Å². The van der Waals surface area contributed by atoms with Gasteiger partial charge < -0.3 is 21.3 Å². The van der Waals surface area contributed by atoms with E-state index in [2.05, 4.69) is 31.5 Å². The molecule has 0 saturated heterocycles. The van der Waals surface area contributed by atoms with Crippen LogP contribution in [-0.2, 0) is 19.2 Å². The summed E-state index contributed by atoms with van der Waals surface area (Å²) in [5, 5.41) is 17.1. The van der Waals surface area contributed by atoms with Crippen LogP contribution < -0.4 is 21.3 Å². The van der Waals surface area contributed by atoms with Gasteiger partial charge in [-0.2, -0.15) is 5.10 Å². The lowest BCUT2D eigenvalue weighted by atomic mass is 9.85. The van der Waals surface area contributed by atoms with Crippen LogP contribution in [0.4, 0.5) is 0 Å². The first-order valence-electron chi connectivity index (χ1n) is 11.5. The summed E-state index contributed by atoms with van der Waals surface area (Å²) in [7, 11) is 0. The fourth-order valence-corrected chi connectivity index (χ4v) is 3.22. The Bertz CT molecular complexity index is 944. The summed E-state index contributed by atoms with van der Waals surface area (Å²) in [5.41, 5.74) is 0.180. The first-order chi connectivity index (χ1) is 15.7. The minimum atomic E-state index is -1.02. The maximum absolute atomic E-state index is 13.0. The molecule has 0 radical (unpaired) electrons. The third-order valence-electron chi connectivity index (χ3n) is 5.48. The van der Waals surface area contributed by atoms with E-state index in [1.54, 1.807) is 47.6 Å². The highest BCUT2D eigenvalue weighted by atomic mass is 16.2. The molecule has 5 N–H and O–H groups in total. The van der Waals surface area contributed by atoms with Crippen molar-refractivity contribution < 1.29 is 24.0 Å². The molecule has 1 fully saturated rings. The van der Waals surface area contributed by atoms with Gasteiger partial charge in [-0.1, -0.05) is 34.6 Å². The largest absolute Gasteiger partial charge is 0.347 e. The lowest BCUT2D eigenvalue weighted by molar-refractivity contribution is -0.141. The normalized spacial score (nSPS) is 16.2.